The van der Waals surface area contributed by atoms with Gasteiger partial charge in [-0.05, 0) is 105 Å². The molecule has 1 aliphatic carbocycles. The molecule has 0 radical (unpaired) electrons. The number of benzene rings is 3. The molecule has 0 aliphatic heterocycles. The van der Waals surface area contributed by atoms with Crippen molar-refractivity contribution in [1.82, 2.24) is 19.3 Å². The summed E-state index contributed by atoms with van der Waals surface area (Å²) in [6.45, 7) is 13.5. The summed E-state index contributed by atoms with van der Waals surface area (Å²) in [4.78, 5) is 4.75. The van der Waals surface area contributed by atoms with Crippen LogP contribution in [0.2, 0.25) is 0 Å². The average molecular weight is 609 g/mol. The Bertz CT molecular complexity index is 2100. The Kier molecular flexibility index (Phi) is 8.02. The third-order valence-corrected chi connectivity index (χ3v) is 9.84. The van der Waals surface area contributed by atoms with Crippen LogP contribution >= 0.6 is 0 Å². The second-order valence-electron chi connectivity index (χ2n) is 12.9. The van der Waals surface area contributed by atoms with Gasteiger partial charge in [0.15, 0.2) is 0 Å². The maximum atomic E-state index is 6.71. The number of hydrogen-bond acceptors (Lipinski definition) is 3. The van der Waals surface area contributed by atoms with Crippen molar-refractivity contribution < 1.29 is 4.74 Å². The standard InChI is InChI=1S/C41H44N4O/c1-7-29-22-30(45-36(9-3)41(35(8-2)43-45)40-27(5)13-12-14-28(40)6)24-32(23-29)46-31-17-18-34-33-15-10-11-16-37(33)44(38(34)25-31)39-21-26(4)19-20-42-39/h10-11,13,15-25,28,40H,7-9,12,14H2,1-6H3/t28-,40?/m0/s1. The largest absolute Gasteiger partial charge is 0.457 e. The van der Waals surface area contributed by atoms with E-state index in [1.165, 1.54) is 57.3 Å². The minimum absolute atomic E-state index is 0.429. The molecular formula is C41H44N4O. The summed E-state index contributed by atoms with van der Waals surface area (Å²) in [6.07, 6.45) is 9.49. The fourth-order valence-corrected chi connectivity index (χ4v) is 7.59. The Morgan fingerprint density at radius 3 is 2.41 bits per heavy atom. The van der Waals surface area contributed by atoms with Gasteiger partial charge in [-0.15, -0.1) is 0 Å². The van der Waals surface area contributed by atoms with Gasteiger partial charge >= 0.3 is 0 Å². The summed E-state index contributed by atoms with van der Waals surface area (Å²) in [5.41, 5.74) is 11.1. The lowest BCUT2D eigenvalue weighted by atomic mass is 9.74. The Morgan fingerprint density at radius 1 is 0.826 bits per heavy atom. The number of aryl methyl sites for hydroxylation is 3. The Morgan fingerprint density at radius 2 is 1.65 bits per heavy atom. The van der Waals surface area contributed by atoms with E-state index in [-0.39, 0.29) is 0 Å². The number of para-hydroxylation sites is 1. The van der Waals surface area contributed by atoms with Crippen LogP contribution in [0.15, 0.2) is 90.6 Å². The van der Waals surface area contributed by atoms with Crippen LogP contribution < -0.4 is 4.74 Å². The minimum atomic E-state index is 0.429. The molecule has 1 unspecified atom stereocenters. The van der Waals surface area contributed by atoms with Crippen LogP contribution in [0.1, 0.15) is 81.5 Å². The summed E-state index contributed by atoms with van der Waals surface area (Å²) >= 11 is 0. The zero-order valence-electron chi connectivity index (χ0n) is 28.0. The molecule has 6 aromatic rings. The molecule has 0 fully saturated rings. The smallest absolute Gasteiger partial charge is 0.137 e. The number of nitrogens with zero attached hydrogens (tertiary/aromatic N) is 4. The van der Waals surface area contributed by atoms with Crippen LogP contribution in [-0.4, -0.2) is 19.3 Å². The Hall–Kier alpha value is -4.64. The summed E-state index contributed by atoms with van der Waals surface area (Å²) in [6, 6.07) is 25.7. The van der Waals surface area contributed by atoms with Crippen LogP contribution in [0.4, 0.5) is 0 Å². The quantitative estimate of drug-likeness (QED) is 0.162. The van der Waals surface area contributed by atoms with Crippen molar-refractivity contribution >= 4 is 21.8 Å². The number of aromatic nitrogens is 4. The zero-order valence-corrected chi connectivity index (χ0v) is 28.0. The van der Waals surface area contributed by atoms with Crippen LogP contribution in [0.3, 0.4) is 0 Å². The molecule has 7 rings (SSSR count). The van der Waals surface area contributed by atoms with E-state index in [4.69, 9.17) is 14.8 Å². The maximum Gasteiger partial charge on any atom is 0.137 e. The molecule has 0 spiro atoms. The first kappa shape index (κ1) is 30.0. The molecule has 5 nitrogen and oxygen atoms in total. The minimum Gasteiger partial charge on any atom is -0.457 e. The highest BCUT2D eigenvalue weighted by Crippen LogP contribution is 2.42. The Labute approximate surface area is 272 Å². The molecule has 234 valence electrons. The second-order valence-corrected chi connectivity index (χ2v) is 12.9. The molecule has 3 heterocycles. The lowest BCUT2D eigenvalue weighted by Gasteiger charge is -2.30. The summed E-state index contributed by atoms with van der Waals surface area (Å²) in [5, 5.41) is 7.66. The highest BCUT2D eigenvalue weighted by molar-refractivity contribution is 6.09. The van der Waals surface area contributed by atoms with E-state index in [1.54, 1.807) is 0 Å². The molecule has 5 heteroatoms. The number of hydrogen-bond donors (Lipinski definition) is 0. The summed E-state index contributed by atoms with van der Waals surface area (Å²) in [7, 11) is 0. The number of pyridine rings is 1. The van der Waals surface area contributed by atoms with E-state index < -0.39 is 0 Å². The van der Waals surface area contributed by atoms with Gasteiger partial charge in [0.2, 0.25) is 0 Å². The zero-order chi connectivity index (χ0) is 31.9. The van der Waals surface area contributed by atoms with Crippen LogP contribution in [0.25, 0.3) is 33.3 Å². The van der Waals surface area contributed by atoms with Crippen molar-refractivity contribution in [3.8, 4) is 23.0 Å². The van der Waals surface area contributed by atoms with Crippen molar-refractivity contribution in [1.29, 1.82) is 0 Å². The number of ether oxygens (including phenoxy) is 1. The van der Waals surface area contributed by atoms with Crippen molar-refractivity contribution in [2.45, 2.75) is 79.6 Å². The fourth-order valence-electron chi connectivity index (χ4n) is 7.59. The normalized spacial score (nSPS) is 16.7. The number of fused-ring (bicyclic) bond motifs is 3. The van der Waals surface area contributed by atoms with Crippen molar-refractivity contribution in [2.75, 3.05) is 0 Å². The lowest BCUT2D eigenvalue weighted by molar-refractivity contribution is 0.446. The van der Waals surface area contributed by atoms with Gasteiger partial charge in [0.25, 0.3) is 0 Å². The van der Waals surface area contributed by atoms with Gasteiger partial charge in [-0.2, -0.15) is 5.10 Å². The average Bonchev–Trinajstić information content (AvgIpc) is 3.60. The van der Waals surface area contributed by atoms with Gasteiger partial charge in [-0.3, -0.25) is 4.57 Å². The third-order valence-electron chi connectivity index (χ3n) is 9.84. The van der Waals surface area contributed by atoms with Gasteiger partial charge in [0.05, 0.1) is 22.4 Å². The molecule has 0 saturated heterocycles. The molecule has 3 aromatic carbocycles. The van der Waals surface area contributed by atoms with Crippen LogP contribution in [-0.2, 0) is 19.3 Å². The molecule has 46 heavy (non-hydrogen) atoms. The van der Waals surface area contributed by atoms with E-state index in [9.17, 15) is 0 Å². The lowest BCUT2D eigenvalue weighted by Crippen LogP contribution is -2.17. The number of rotatable bonds is 8. The predicted molar refractivity (Wildman–Crippen MR) is 190 cm³/mol. The molecule has 0 N–H and O–H groups in total. The first-order chi connectivity index (χ1) is 22.4. The SMILES string of the molecule is CCc1cc(Oc2ccc3c4ccccc4n(-c4cc(C)ccn4)c3c2)cc(-n2nc(CC)c(C3C(C)=CCC[C@@H]3C)c2CC)c1. The van der Waals surface area contributed by atoms with Gasteiger partial charge in [0, 0.05) is 46.3 Å². The third kappa shape index (κ3) is 5.22. The molecule has 1 aliphatic rings. The monoisotopic (exact) mass is 608 g/mol. The van der Waals surface area contributed by atoms with Gasteiger partial charge in [-0.25, -0.2) is 9.67 Å². The second kappa shape index (κ2) is 12.3. The summed E-state index contributed by atoms with van der Waals surface area (Å²) < 4.78 is 11.2. The number of allylic oxidation sites excluding steroid dienone is 2. The highest BCUT2D eigenvalue weighted by atomic mass is 16.5. The van der Waals surface area contributed by atoms with E-state index in [0.29, 0.717) is 11.8 Å². The summed E-state index contributed by atoms with van der Waals surface area (Å²) in [5.74, 6) is 3.57. The van der Waals surface area contributed by atoms with Crippen LogP contribution in [0.5, 0.6) is 11.5 Å². The van der Waals surface area contributed by atoms with Crippen molar-refractivity contribution in [2.24, 2.45) is 5.92 Å². The van der Waals surface area contributed by atoms with Gasteiger partial charge in [-0.1, -0.05) is 57.5 Å². The van der Waals surface area contributed by atoms with Gasteiger partial charge < -0.3 is 4.74 Å². The Balaban J connectivity index is 1.33. The molecule has 0 amide bonds. The van der Waals surface area contributed by atoms with E-state index in [0.717, 1.165) is 53.3 Å². The molecular weight excluding hydrogens is 564 g/mol. The van der Waals surface area contributed by atoms with E-state index in [2.05, 4.69) is 124 Å². The first-order valence-electron chi connectivity index (χ1n) is 17.0. The van der Waals surface area contributed by atoms with E-state index in [1.807, 2.05) is 12.3 Å². The predicted octanol–water partition coefficient (Wildman–Crippen LogP) is 10.6. The highest BCUT2D eigenvalue weighted by Gasteiger charge is 2.31. The molecule has 0 bridgehead atoms. The van der Waals surface area contributed by atoms with Crippen molar-refractivity contribution in [3.05, 3.63) is 119 Å². The fraction of sp³-hybridized carbons (Fsp3) is 0.317. The van der Waals surface area contributed by atoms with Gasteiger partial charge in [0.1, 0.15) is 17.3 Å². The van der Waals surface area contributed by atoms with Crippen molar-refractivity contribution in [3.63, 3.8) is 0 Å². The molecule has 3 aromatic heterocycles. The molecule has 0 saturated carbocycles. The topological polar surface area (TPSA) is 44.9 Å². The first-order valence-corrected chi connectivity index (χ1v) is 17.0. The maximum absolute atomic E-state index is 6.71. The van der Waals surface area contributed by atoms with Crippen LogP contribution in [0, 0.1) is 12.8 Å². The van der Waals surface area contributed by atoms with E-state index >= 15 is 0 Å². The molecule has 2 atom stereocenters.